The molecule has 3 aromatic rings. The zero-order chi connectivity index (χ0) is 20.6. The lowest BCUT2D eigenvalue weighted by Crippen LogP contribution is -2.24. The van der Waals surface area contributed by atoms with Crippen LogP contribution in [0, 0.1) is 5.92 Å². The minimum Gasteiger partial charge on any atom is -0.497 e. The van der Waals surface area contributed by atoms with Gasteiger partial charge in [-0.25, -0.2) is 9.97 Å². The predicted molar refractivity (Wildman–Crippen MR) is 115 cm³/mol. The number of nitrogens with zero attached hydrogens (tertiary/aromatic N) is 2. The lowest BCUT2D eigenvalue weighted by molar-refractivity contribution is 0.0946. The maximum atomic E-state index is 12.8. The number of hydrogen-bond acceptors (Lipinski definition) is 5. The molecular weight excluding hydrogens is 364 g/mol. The van der Waals surface area contributed by atoms with Gasteiger partial charge in [0.15, 0.2) is 5.82 Å². The second-order valence-corrected chi connectivity index (χ2v) is 7.13. The van der Waals surface area contributed by atoms with Gasteiger partial charge in [0.05, 0.1) is 7.11 Å². The van der Waals surface area contributed by atoms with E-state index in [1.54, 1.807) is 13.2 Å². The van der Waals surface area contributed by atoms with Gasteiger partial charge in [0, 0.05) is 24.7 Å². The highest BCUT2D eigenvalue weighted by Gasteiger charge is 2.13. The molecule has 1 aromatic heterocycles. The molecule has 1 heterocycles. The number of hydrogen-bond donors (Lipinski definition) is 2. The third kappa shape index (κ3) is 5.78. The Morgan fingerprint density at radius 3 is 2.41 bits per heavy atom. The van der Waals surface area contributed by atoms with Crippen molar-refractivity contribution in [2.24, 2.45) is 5.92 Å². The average Bonchev–Trinajstić information content (AvgIpc) is 2.76. The van der Waals surface area contributed by atoms with E-state index >= 15 is 0 Å². The molecule has 0 bridgehead atoms. The maximum absolute atomic E-state index is 12.8. The van der Waals surface area contributed by atoms with Crippen molar-refractivity contribution < 1.29 is 9.53 Å². The largest absolute Gasteiger partial charge is 0.497 e. The van der Waals surface area contributed by atoms with E-state index in [-0.39, 0.29) is 5.91 Å². The van der Waals surface area contributed by atoms with E-state index in [4.69, 9.17) is 4.74 Å². The van der Waals surface area contributed by atoms with Crippen LogP contribution in [0.5, 0.6) is 5.75 Å². The Balaban J connectivity index is 1.79. The van der Waals surface area contributed by atoms with E-state index in [2.05, 4.69) is 34.4 Å². The number of rotatable bonds is 8. The van der Waals surface area contributed by atoms with Crippen LogP contribution in [0.4, 0.5) is 5.82 Å². The lowest BCUT2D eigenvalue weighted by atomic mass is 10.2. The van der Waals surface area contributed by atoms with Crippen LogP contribution >= 0.6 is 0 Å². The summed E-state index contributed by atoms with van der Waals surface area (Å²) in [6, 6.07) is 18.9. The summed E-state index contributed by atoms with van der Waals surface area (Å²) in [6.07, 6.45) is 0. The number of anilines is 1. The molecule has 0 spiro atoms. The molecule has 0 aliphatic rings. The highest BCUT2D eigenvalue weighted by Crippen LogP contribution is 2.18. The van der Waals surface area contributed by atoms with Gasteiger partial charge in [-0.3, -0.25) is 4.79 Å². The number of carbonyl (C=O) groups is 1. The van der Waals surface area contributed by atoms with Crippen LogP contribution < -0.4 is 15.4 Å². The van der Waals surface area contributed by atoms with Crippen molar-refractivity contribution in [1.29, 1.82) is 0 Å². The number of amides is 1. The fourth-order valence-electron chi connectivity index (χ4n) is 2.70. The predicted octanol–water partition coefficient (Wildman–Crippen LogP) is 4.15. The SMILES string of the molecule is COc1ccc(CNC(=O)c2cc(NCC(C)C)nc(-c3ccccc3)n2)cc1. The number of methoxy groups -OCH3 is 1. The molecule has 2 N–H and O–H groups in total. The fraction of sp³-hybridized carbons (Fsp3) is 0.261. The molecule has 29 heavy (non-hydrogen) atoms. The highest BCUT2D eigenvalue weighted by molar-refractivity contribution is 5.93. The van der Waals surface area contributed by atoms with Gasteiger partial charge in [-0.15, -0.1) is 0 Å². The van der Waals surface area contributed by atoms with E-state index in [1.807, 2.05) is 54.6 Å². The lowest BCUT2D eigenvalue weighted by Gasteiger charge is -2.12. The topological polar surface area (TPSA) is 76.1 Å². The van der Waals surface area contributed by atoms with Gasteiger partial charge in [-0.2, -0.15) is 0 Å². The molecule has 0 aliphatic carbocycles. The normalized spacial score (nSPS) is 10.6. The monoisotopic (exact) mass is 390 g/mol. The van der Waals surface area contributed by atoms with E-state index in [0.29, 0.717) is 29.8 Å². The molecule has 150 valence electrons. The van der Waals surface area contributed by atoms with Gasteiger partial charge in [0.1, 0.15) is 17.3 Å². The molecule has 3 rings (SSSR count). The Hall–Kier alpha value is -3.41. The first-order valence-corrected chi connectivity index (χ1v) is 9.64. The van der Waals surface area contributed by atoms with E-state index in [9.17, 15) is 4.79 Å². The van der Waals surface area contributed by atoms with Gasteiger partial charge in [-0.05, 0) is 23.6 Å². The summed E-state index contributed by atoms with van der Waals surface area (Å²) >= 11 is 0. The zero-order valence-corrected chi connectivity index (χ0v) is 17.0. The van der Waals surface area contributed by atoms with E-state index in [1.165, 1.54) is 0 Å². The quantitative estimate of drug-likeness (QED) is 0.604. The van der Waals surface area contributed by atoms with Crippen molar-refractivity contribution in [3.05, 3.63) is 71.9 Å². The van der Waals surface area contributed by atoms with Crippen molar-refractivity contribution >= 4 is 11.7 Å². The van der Waals surface area contributed by atoms with Gasteiger partial charge < -0.3 is 15.4 Å². The molecule has 0 fully saturated rings. The van der Waals surface area contributed by atoms with Gasteiger partial charge >= 0.3 is 0 Å². The first-order chi connectivity index (χ1) is 14.0. The fourth-order valence-corrected chi connectivity index (χ4v) is 2.70. The van der Waals surface area contributed by atoms with Crippen LogP contribution in [0.25, 0.3) is 11.4 Å². The van der Waals surface area contributed by atoms with Gasteiger partial charge in [-0.1, -0.05) is 56.3 Å². The van der Waals surface area contributed by atoms with Crippen LogP contribution in [0.15, 0.2) is 60.7 Å². The van der Waals surface area contributed by atoms with Crippen LogP contribution in [0.1, 0.15) is 29.9 Å². The summed E-state index contributed by atoms with van der Waals surface area (Å²) in [4.78, 5) is 21.8. The summed E-state index contributed by atoms with van der Waals surface area (Å²) < 4.78 is 5.16. The molecule has 0 atom stereocenters. The molecule has 6 heteroatoms. The summed E-state index contributed by atoms with van der Waals surface area (Å²) in [7, 11) is 1.63. The van der Waals surface area contributed by atoms with Crippen molar-refractivity contribution in [3.63, 3.8) is 0 Å². The standard InChI is InChI=1S/C23H26N4O2/c1-16(2)14-24-21-13-20(26-22(27-21)18-7-5-4-6-8-18)23(28)25-15-17-9-11-19(29-3)12-10-17/h4-13,16H,14-15H2,1-3H3,(H,25,28)(H,24,26,27). The number of aromatic nitrogens is 2. The Morgan fingerprint density at radius 2 is 1.76 bits per heavy atom. The van der Waals surface area contributed by atoms with Gasteiger partial charge in [0.25, 0.3) is 5.91 Å². The number of benzene rings is 2. The molecule has 0 saturated heterocycles. The number of carbonyl (C=O) groups excluding carboxylic acids is 1. The third-order valence-electron chi connectivity index (χ3n) is 4.29. The third-order valence-corrected chi connectivity index (χ3v) is 4.29. The minimum atomic E-state index is -0.243. The van der Waals surface area contributed by atoms with Crippen molar-refractivity contribution in [1.82, 2.24) is 15.3 Å². The second kappa shape index (κ2) is 9.68. The Labute approximate surface area is 171 Å². The van der Waals surface area contributed by atoms with E-state index in [0.717, 1.165) is 23.4 Å². The van der Waals surface area contributed by atoms with Crippen molar-refractivity contribution in [2.75, 3.05) is 19.0 Å². The summed E-state index contributed by atoms with van der Waals surface area (Å²) in [5, 5.41) is 6.22. The maximum Gasteiger partial charge on any atom is 0.270 e. The molecule has 6 nitrogen and oxygen atoms in total. The second-order valence-electron chi connectivity index (χ2n) is 7.13. The van der Waals surface area contributed by atoms with Crippen LogP contribution in [-0.2, 0) is 6.54 Å². The molecular formula is C23H26N4O2. The average molecular weight is 390 g/mol. The summed E-state index contributed by atoms with van der Waals surface area (Å²) in [5.41, 5.74) is 2.18. The van der Waals surface area contributed by atoms with Crippen molar-refractivity contribution in [2.45, 2.75) is 20.4 Å². The molecule has 1 amide bonds. The van der Waals surface area contributed by atoms with Crippen LogP contribution in [0.2, 0.25) is 0 Å². The highest BCUT2D eigenvalue weighted by atomic mass is 16.5. The molecule has 0 unspecified atom stereocenters. The minimum absolute atomic E-state index is 0.243. The van der Waals surface area contributed by atoms with Gasteiger partial charge in [0.2, 0.25) is 0 Å². The molecule has 0 radical (unpaired) electrons. The Bertz CT molecular complexity index is 941. The Kier molecular flexibility index (Phi) is 6.79. The Morgan fingerprint density at radius 1 is 1.03 bits per heavy atom. The first-order valence-electron chi connectivity index (χ1n) is 9.64. The summed E-state index contributed by atoms with van der Waals surface area (Å²) in [5.74, 6) is 2.16. The molecule has 0 aliphatic heterocycles. The van der Waals surface area contributed by atoms with Crippen LogP contribution in [0.3, 0.4) is 0 Å². The van der Waals surface area contributed by atoms with Crippen LogP contribution in [-0.4, -0.2) is 29.5 Å². The number of nitrogens with one attached hydrogen (secondary N) is 2. The molecule has 2 aromatic carbocycles. The molecule has 0 saturated carbocycles. The first kappa shape index (κ1) is 20.3. The van der Waals surface area contributed by atoms with Crippen molar-refractivity contribution in [3.8, 4) is 17.1 Å². The summed E-state index contributed by atoms with van der Waals surface area (Å²) in [6.45, 7) is 5.41. The smallest absolute Gasteiger partial charge is 0.270 e. The van der Waals surface area contributed by atoms with E-state index < -0.39 is 0 Å². The number of ether oxygens (including phenoxy) is 1. The zero-order valence-electron chi connectivity index (χ0n) is 17.0.